The number of thiophene rings is 1. The van der Waals surface area contributed by atoms with Crippen molar-refractivity contribution in [2.45, 2.75) is 30.0 Å². The summed E-state index contributed by atoms with van der Waals surface area (Å²) in [5, 5.41) is 4.38. The number of nitrogens with one attached hydrogen (secondary N) is 2. The molecule has 3 heterocycles. The average molecular weight is 340 g/mol. The number of imidazole rings is 1. The number of carbonyl (C=O) groups excluding carboxylic acids is 1. The first kappa shape index (κ1) is 15.2. The van der Waals surface area contributed by atoms with Crippen LogP contribution < -0.4 is 10.0 Å². The van der Waals surface area contributed by atoms with Crippen molar-refractivity contribution >= 4 is 33.1 Å². The Bertz CT molecular complexity index is 765. The minimum absolute atomic E-state index is 0.196. The number of sulfonamides is 1. The number of aromatic nitrogens is 2. The summed E-state index contributed by atoms with van der Waals surface area (Å²) in [6, 6.07) is 3.15. The van der Waals surface area contributed by atoms with Crippen LogP contribution in [0.4, 0.5) is 5.82 Å². The Kier molecular flexibility index (Phi) is 4.27. The third-order valence-corrected chi connectivity index (χ3v) is 6.22. The molecule has 1 amide bonds. The Morgan fingerprint density at radius 1 is 1.41 bits per heavy atom. The van der Waals surface area contributed by atoms with Crippen LogP contribution in [0.1, 0.15) is 18.7 Å². The maximum Gasteiger partial charge on any atom is 0.250 e. The molecule has 0 spiro atoms. The zero-order valence-corrected chi connectivity index (χ0v) is 13.4. The Morgan fingerprint density at radius 3 is 3.05 bits per heavy atom. The summed E-state index contributed by atoms with van der Waals surface area (Å²) >= 11 is 1.11. The fourth-order valence-corrected chi connectivity index (χ4v) is 4.37. The number of anilines is 1. The summed E-state index contributed by atoms with van der Waals surface area (Å²) in [7, 11) is -3.62. The smallest absolute Gasteiger partial charge is 0.250 e. The lowest BCUT2D eigenvalue weighted by atomic mass is 10.2. The number of hydrogen-bond donors (Lipinski definition) is 2. The molecule has 1 aliphatic heterocycles. The van der Waals surface area contributed by atoms with E-state index in [0.29, 0.717) is 5.82 Å². The van der Waals surface area contributed by atoms with Crippen molar-refractivity contribution in [2.75, 3.05) is 11.9 Å². The van der Waals surface area contributed by atoms with E-state index in [0.717, 1.165) is 43.0 Å². The molecule has 0 radical (unpaired) electrons. The van der Waals surface area contributed by atoms with Gasteiger partial charge in [-0.05, 0) is 24.3 Å². The van der Waals surface area contributed by atoms with Gasteiger partial charge in [0.15, 0.2) is 0 Å². The monoisotopic (exact) mass is 340 g/mol. The molecule has 3 rings (SSSR count). The highest BCUT2D eigenvalue weighted by atomic mass is 32.2. The maximum atomic E-state index is 11.9. The van der Waals surface area contributed by atoms with Gasteiger partial charge >= 0.3 is 0 Å². The van der Waals surface area contributed by atoms with Crippen molar-refractivity contribution in [3.63, 3.8) is 0 Å². The Morgan fingerprint density at radius 2 is 2.27 bits per heavy atom. The van der Waals surface area contributed by atoms with Gasteiger partial charge in [0.05, 0.1) is 12.7 Å². The van der Waals surface area contributed by atoms with E-state index < -0.39 is 15.9 Å². The maximum absolute atomic E-state index is 11.9. The van der Waals surface area contributed by atoms with Gasteiger partial charge < -0.3 is 9.88 Å². The highest BCUT2D eigenvalue weighted by molar-refractivity contribution is 7.91. The van der Waals surface area contributed by atoms with Crippen LogP contribution in [0.2, 0.25) is 0 Å². The second-order valence-electron chi connectivity index (χ2n) is 4.97. The average Bonchev–Trinajstić information content (AvgIpc) is 3.16. The summed E-state index contributed by atoms with van der Waals surface area (Å²) in [6.07, 6.45) is 4.68. The molecule has 9 heteroatoms. The molecular weight excluding hydrogens is 324 g/mol. The molecule has 22 heavy (non-hydrogen) atoms. The van der Waals surface area contributed by atoms with Crippen LogP contribution in [0.15, 0.2) is 27.9 Å². The van der Waals surface area contributed by atoms with Gasteiger partial charge in [-0.3, -0.25) is 4.79 Å². The van der Waals surface area contributed by atoms with E-state index in [2.05, 4.69) is 15.0 Å². The standard InChI is InChI=1S/C13H16N4O3S2/c18-12(9-15-22(19,20)13-5-3-7-21-13)16-11-8-14-10-4-1-2-6-17(10)11/h3,5,7-8,15H,1-2,4,6,9H2,(H,16,18). The third-order valence-electron chi connectivity index (χ3n) is 3.42. The first-order valence-electron chi connectivity index (χ1n) is 6.94. The Balaban J connectivity index is 1.60. The molecule has 0 aromatic carbocycles. The third kappa shape index (κ3) is 3.21. The zero-order chi connectivity index (χ0) is 15.6. The molecule has 7 nitrogen and oxygen atoms in total. The topological polar surface area (TPSA) is 93.1 Å². The molecule has 2 N–H and O–H groups in total. The molecule has 0 aliphatic carbocycles. The molecule has 0 unspecified atom stereocenters. The van der Waals surface area contributed by atoms with E-state index >= 15 is 0 Å². The molecule has 2 aromatic rings. The summed E-state index contributed by atoms with van der Waals surface area (Å²) in [5.41, 5.74) is 0. The fraction of sp³-hybridized carbons (Fsp3) is 0.385. The summed E-state index contributed by atoms with van der Waals surface area (Å²) in [4.78, 5) is 16.2. The predicted octanol–water partition coefficient (Wildman–Crippen LogP) is 1.20. The molecule has 0 fully saturated rings. The van der Waals surface area contributed by atoms with E-state index in [1.54, 1.807) is 17.6 Å². The van der Waals surface area contributed by atoms with Gasteiger partial charge in [0.2, 0.25) is 5.91 Å². The Labute approximate surface area is 132 Å². The quantitative estimate of drug-likeness (QED) is 0.855. The zero-order valence-electron chi connectivity index (χ0n) is 11.8. The van der Waals surface area contributed by atoms with Crippen LogP contribution in [0.3, 0.4) is 0 Å². The number of aryl methyl sites for hydroxylation is 1. The molecule has 0 saturated carbocycles. The second kappa shape index (κ2) is 6.19. The van der Waals surface area contributed by atoms with Crippen molar-refractivity contribution in [2.24, 2.45) is 0 Å². The van der Waals surface area contributed by atoms with Gasteiger partial charge in [-0.1, -0.05) is 6.07 Å². The van der Waals surface area contributed by atoms with Gasteiger partial charge in [0, 0.05) is 13.0 Å². The molecule has 0 saturated heterocycles. The highest BCUT2D eigenvalue weighted by Crippen LogP contribution is 2.19. The first-order valence-corrected chi connectivity index (χ1v) is 9.30. The summed E-state index contributed by atoms with van der Waals surface area (Å²) < 4.78 is 28.3. The lowest BCUT2D eigenvalue weighted by Crippen LogP contribution is -2.33. The van der Waals surface area contributed by atoms with E-state index in [9.17, 15) is 13.2 Å². The summed E-state index contributed by atoms with van der Waals surface area (Å²) in [5.74, 6) is 1.17. The predicted molar refractivity (Wildman–Crippen MR) is 83.3 cm³/mol. The molecular formula is C13H16N4O3S2. The van der Waals surface area contributed by atoms with Crippen LogP contribution in [0, 0.1) is 0 Å². The van der Waals surface area contributed by atoms with Crippen molar-refractivity contribution in [3.05, 3.63) is 29.5 Å². The van der Waals surface area contributed by atoms with Gasteiger partial charge in [-0.2, -0.15) is 0 Å². The van der Waals surface area contributed by atoms with Gasteiger partial charge in [0.1, 0.15) is 15.9 Å². The number of amides is 1. The van der Waals surface area contributed by atoms with E-state index in [1.165, 1.54) is 6.07 Å². The molecule has 118 valence electrons. The SMILES string of the molecule is O=C(CNS(=O)(=O)c1cccs1)Nc1cnc2n1CCCC2. The lowest BCUT2D eigenvalue weighted by molar-refractivity contribution is -0.115. The minimum Gasteiger partial charge on any atom is -0.315 e. The van der Waals surface area contributed by atoms with Crippen molar-refractivity contribution in [1.29, 1.82) is 0 Å². The van der Waals surface area contributed by atoms with Crippen LogP contribution in [0.25, 0.3) is 0 Å². The van der Waals surface area contributed by atoms with Crippen molar-refractivity contribution < 1.29 is 13.2 Å². The highest BCUT2D eigenvalue weighted by Gasteiger charge is 2.18. The number of nitrogens with zero attached hydrogens (tertiary/aromatic N) is 2. The largest absolute Gasteiger partial charge is 0.315 e. The van der Waals surface area contributed by atoms with Gasteiger partial charge in [0.25, 0.3) is 10.0 Å². The van der Waals surface area contributed by atoms with Gasteiger partial charge in [-0.15, -0.1) is 11.3 Å². The van der Waals surface area contributed by atoms with Crippen molar-refractivity contribution in [1.82, 2.24) is 14.3 Å². The molecule has 2 aromatic heterocycles. The van der Waals surface area contributed by atoms with Crippen LogP contribution in [0.5, 0.6) is 0 Å². The number of hydrogen-bond acceptors (Lipinski definition) is 5. The normalized spacial score (nSPS) is 14.5. The molecule has 0 bridgehead atoms. The van der Waals surface area contributed by atoms with Crippen molar-refractivity contribution in [3.8, 4) is 0 Å². The van der Waals surface area contributed by atoms with Crippen LogP contribution in [-0.2, 0) is 27.8 Å². The summed E-state index contributed by atoms with van der Waals surface area (Å²) in [6.45, 7) is 0.520. The van der Waals surface area contributed by atoms with E-state index in [1.807, 2.05) is 4.57 Å². The number of carbonyl (C=O) groups is 1. The number of rotatable bonds is 5. The van der Waals surface area contributed by atoms with Gasteiger partial charge in [-0.25, -0.2) is 18.1 Å². The lowest BCUT2D eigenvalue weighted by Gasteiger charge is -2.16. The van der Waals surface area contributed by atoms with E-state index in [-0.39, 0.29) is 10.8 Å². The fourth-order valence-electron chi connectivity index (χ4n) is 2.35. The van der Waals surface area contributed by atoms with Crippen LogP contribution >= 0.6 is 11.3 Å². The van der Waals surface area contributed by atoms with E-state index in [4.69, 9.17) is 0 Å². The second-order valence-corrected chi connectivity index (χ2v) is 7.91. The molecule has 0 atom stereocenters. The van der Waals surface area contributed by atoms with Crippen LogP contribution in [-0.4, -0.2) is 30.4 Å². The minimum atomic E-state index is -3.62. The Hall–Kier alpha value is -1.71. The molecule has 1 aliphatic rings. The number of fused-ring (bicyclic) bond motifs is 1. The first-order chi connectivity index (χ1) is 10.6.